The van der Waals surface area contributed by atoms with Crippen molar-refractivity contribution in [1.82, 2.24) is 24.1 Å². The number of aromatic nitrogens is 4. The van der Waals surface area contributed by atoms with Gasteiger partial charge in [0.1, 0.15) is 11.2 Å². The topological polar surface area (TPSA) is 95.6 Å². The molecule has 122 valence electrons. The molecule has 0 aromatic carbocycles. The van der Waals surface area contributed by atoms with Gasteiger partial charge < -0.3 is 9.90 Å². The van der Waals surface area contributed by atoms with Gasteiger partial charge in [0, 0.05) is 13.0 Å². The van der Waals surface area contributed by atoms with E-state index in [-0.39, 0.29) is 46.5 Å². The molecule has 2 aromatic rings. The molecule has 8 nitrogen and oxygen atoms in total. The Kier molecular flexibility index (Phi) is 4.06. The second-order valence-corrected chi connectivity index (χ2v) is 6.93. The third kappa shape index (κ3) is 2.41. The zero-order valence-electron chi connectivity index (χ0n) is 13.5. The number of aliphatic carboxylic acids is 1. The second kappa shape index (κ2) is 6.01. The molecule has 3 aliphatic rings. The summed E-state index contributed by atoms with van der Waals surface area (Å²) < 4.78 is 4.04. The van der Waals surface area contributed by atoms with Crippen LogP contribution in [0.5, 0.6) is 0 Å². The summed E-state index contributed by atoms with van der Waals surface area (Å²) in [5, 5.41) is 12.1. The molecule has 1 fully saturated rings. The Morgan fingerprint density at radius 1 is 1.36 bits per heavy atom. The first-order valence-corrected chi connectivity index (χ1v) is 8.64. The number of carboxylic acids is 1. The molecule has 0 radical (unpaired) electrons. The van der Waals surface area contributed by atoms with Gasteiger partial charge in [-0.15, -0.1) is 11.8 Å². The Labute approximate surface area is 168 Å². The molecule has 0 bridgehead atoms. The Balaban J connectivity index is 0.00000157. The van der Waals surface area contributed by atoms with E-state index in [1.807, 2.05) is 10.7 Å². The van der Waals surface area contributed by atoms with Crippen molar-refractivity contribution in [2.24, 2.45) is 0 Å². The van der Waals surface area contributed by atoms with E-state index >= 15 is 0 Å². The summed E-state index contributed by atoms with van der Waals surface area (Å²) in [4.78, 5) is 33.4. The molecule has 5 heterocycles. The summed E-state index contributed by atoms with van der Waals surface area (Å²) >= 11 is 1.29. The summed E-state index contributed by atoms with van der Waals surface area (Å²) in [6.45, 7) is 0.919. The second-order valence-electron chi connectivity index (χ2n) is 5.97. The fraction of sp³-hybridized carbons (Fsp3) is 0.333. The minimum absolute atomic E-state index is 0. The molecule has 0 saturated carbocycles. The van der Waals surface area contributed by atoms with E-state index in [2.05, 4.69) is 14.6 Å². The smallest absolute Gasteiger partial charge is 0.543 e. The van der Waals surface area contributed by atoms with E-state index < -0.39 is 5.97 Å². The molecule has 0 unspecified atom stereocenters. The van der Waals surface area contributed by atoms with Crippen LogP contribution >= 0.6 is 11.8 Å². The zero-order valence-corrected chi connectivity index (χ0v) is 16.3. The number of nitrogens with zero attached hydrogens (tertiary/aromatic N) is 5. The number of aryl methyl sites for hydroxylation is 2. The average Bonchev–Trinajstić information content (AvgIpc) is 3.22. The standard InChI is InChI=1S/C15H13N5O3S.Na/c21-12-9(13-20(12)10(7-24-13)14(22)23)5-8-6-19-15(16-8)17-11-3-1-2-4-18(11)19;/h5-7,13H,1-4H2,(H,22,23);/q;+1/p-1/b9-5-;/t13-;/m1./s1. The van der Waals surface area contributed by atoms with Crippen LogP contribution < -0.4 is 34.7 Å². The summed E-state index contributed by atoms with van der Waals surface area (Å²) in [6.07, 6.45) is 6.81. The third-order valence-electron chi connectivity index (χ3n) is 4.54. The van der Waals surface area contributed by atoms with Crippen molar-refractivity contribution in [2.75, 3.05) is 0 Å². The van der Waals surface area contributed by atoms with E-state index in [1.54, 1.807) is 6.08 Å². The first kappa shape index (κ1) is 16.9. The molecule has 0 spiro atoms. The SMILES string of the molecule is O=C([O-])C1=CS[C@@H]2/C(=C\c3cn4c(n3)nc3n4CCCC3)C(=O)N12.[Na+]. The Morgan fingerprint density at radius 2 is 2.20 bits per heavy atom. The molecule has 0 N–H and O–H groups in total. The number of hydrogen-bond donors (Lipinski definition) is 0. The van der Waals surface area contributed by atoms with Gasteiger partial charge in [0.05, 0.1) is 29.1 Å². The number of amides is 1. The quantitative estimate of drug-likeness (QED) is 0.315. The zero-order chi connectivity index (χ0) is 16.4. The van der Waals surface area contributed by atoms with Crippen molar-refractivity contribution in [3.8, 4) is 0 Å². The van der Waals surface area contributed by atoms with Gasteiger partial charge in [0.25, 0.3) is 11.7 Å². The normalized spacial score (nSPS) is 23.1. The summed E-state index contributed by atoms with van der Waals surface area (Å²) in [6, 6.07) is 0. The molecule has 1 amide bonds. The van der Waals surface area contributed by atoms with Crippen LogP contribution in [-0.4, -0.2) is 41.3 Å². The van der Waals surface area contributed by atoms with Crippen molar-refractivity contribution < 1.29 is 44.3 Å². The van der Waals surface area contributed by atoms with Gasteiger partial charge in [-0.3, -0.25) is 14.4 Å². The number of carbonyl (C=O) groups excluding carboxylic acids is 2. The van der Waals surface area contributed by atoms with Crippen molar-refractivity contribution in [3.63, 3.8) is 0 Å². The summed E-state index contributed by atoms with van der Waals surface area (Å²) in [7, 11) is 0. The number of rotatable bonds is 2. The Bertz CT molecular complexity index is 975. The first-order valence-electron chi connectivity index (χ1n) is 7.70. The molecule has 3 aliphatic heterocycles. The maximum atomic E-state index is 12.2. The Morgan fingerprint density at radius 3 is 3.00 bits per heavy atom. The largest absolute Gasteiger partial charge is 1.00 e. The molecule has 25 heavy (non-hydrogen) atoms. The van der Waals surface area contributed by atoms with Gasteiger partial charge in [-0.05, 0) is 24.3 Å². The maximum absolute atomic E-state index is 12.2. The van der Waals surface area contributed by atoms with Gasteiger partial charge >= 0.3 is 29.6 Å². The minimum atomic E-state index is -1.33. The number of hydrogen-bond acceptors (Lipinski definition) is 6. The van der Waals surface area contributed by atoms with Crippen molar-refractivity contribution in [3.05, 3.63) is 34.4 Å². The molecular weight excluding hydrogens is 353 g/mol. The number of β-lactam (4-membered cyclic amide) rings is 1. The van der Waals surface area contributed by atoms with Crippen molar-refractivity contribution in [2.45, 2.75) is 31.2 Å². The van der Waals surface area contributed by atoms with Gasteiger partial charge in [-0.25, -0.2) is 9.50 Å². The van der Waals surface area contributed by atoms with Crippen LogP contribution in [0.25, 0.3) is 11.9 Å². The monoisotopic (exact) mass is 365 g/mol. The summed E-state index contributed by atoms with van der Waals surface area (Å²) in [5.74, 6) is 0.0408. The first-order chi connectivity index (χ1) is 11.6. The number of carbonyl (C=O) groups is 2. The van der Waals surface area contributed by atoms with Gasteiger partial charge in [0.2, 0.25) is 0 Å². The number of carboxylic acid groups (broad SMARTS) is 1. The van der Waals surface area contributed by atoms with Crippen LogP contribution in [0.2, 0.25) is 0 Å². The molecule has 1 saturated heterocycles. The molecule has 1 atom stereocenters. The molecular formula is C15H12N5NaO3S. The van der Waals surface area contributed by atoms with E-state index in [9.17, 15) is 14.7 Å². The van der Waals surface area contributed by atoms with Crippen molar-refractivity contribution >= 4 is 35.5 Å². The summed E-state index contributed by atoms with van der Waals surface area (Å²) in [5.41, 5.74) is 1.14. The van der Waals surface area contributed by atoms with E-state index in [1.165, 1.54) is 22.1 Å². The van der Waals surface area contributed by atoms with Gasteiger partial charge in [0.15, 0.2) is 0 Å². The van der Waals surface area contributed by atoms with Crippen LogP contribution in [0.1, 0.15) is 24.4 Å². The molecule has 0 aliphatic carbocycles. The maximum Gasteiger partial charge on any atom is 1.00 e. The minimum Gasteiger partial charge on any atom is -0.543 e. The van der Waals surface area contributed by atoms with Crippen LogP contribution in [0.3, 0.4) is 0 Å². The van der Waals surface area contributed by atoms with Crippen LogP contribution in [0, 0.1) is 0 Å². The van der Waals surface area contributed by atoms with Gasteiger partial charge in [-0.1, -0.05) is 0 Å². The fourth-order valence-corrected chi connectivity index (χ4v) is 4.50. The molecule has 10 heteroatoms. The predicted molar refractivity (Wildman–Crippen MR) is 83.2 cm³/mol. The number of fused-ring (bicyclic) bond motifs is 4. The van der Waals surface area contributed by atoms with Crippen LogP contribution in [-0.2, 0) is 22.6 Å². The molecule has 2 aromatic heterocycles. The fourth-order valence-electron chi connectivity index (χ4n) is 3.38. The predicted octanol–water partition coefficient (Wildman–Crippen LogP) is -3.24. The molecule has 5 rings (SSSR count). The Hall–Kier alpha value is -1.55. The van der Waals surface area contributed by atoms with Crippen LogP contribution in [0.4, 0.5) is 0 Å². The van der Waals surface area contributed by atoms with E-state index in [4.69, 9.17) is 0 Å². The number of thioether (sulfide) groups is 1. The third-order valence-corrected chi connectivity index (χ3v) is 5.62. The van der Waals surface area contributed by atoms with E-state index in [0.717, 1.165) is 31.6 Å². The van der Waals surface area contributed by atoms with E-state index in [0.29, 0.717) is 17.0 Å². The van der Waals surface area contributed by atoms with Crippen molar-refractivity contribution in [1.29, 1.82) is 0 Å². The number of imidazole rings is 1. The van der Waals surface area contributed by atoms with Crippen LogP contribution in [0.15, 0.2) is 22.9 Å². The van der Waals surface area contributed by atoms with Gasteiger partial charge in [-0.2, -0.15) is 4.98 Å². The average molecular weight is 365 g/mol.